The van der Waals surface area contributed by atoms with E-state index in [1.807, 2.05) is 47.8 Å². The summed E-state index contributed by atoms with van der Waals surface area (Å²) in [6.07, 6.45) is 0.745. The highest BCUT2D eigenvalue weighted by Crippen LogP contribution is 2.07. The van der Waals surface area contributed by atoms with Crippen LogP contribution in [0.15, 0.2) is 47.8 Å². The second-order valence-corrected chi connectivity index (χ2v) is 6.71. The largest absolute Gasteiger partial charge is 0.465 e. The van der Waals surface area contributed by atoms with Crippen LogP contribution in [-0.2, 0) is 27.3 Å². The average Bonchev–Trinajstić information content (AvgIpc) is 3.13. The van der Waals surface area contributed by atoms with Gasteiger partial charge in [0.1, 0.15) is 0 Å². The summed E-state index contributed by atoms with van der Waals surface area (Å²) in [5, 5.41) is 7.74. The van der Waals surface area contributed by atoms with Crippen LogP contribution >= 0.6 is 23.6 Å². The van der Waals surface area contributed by atoms with Gasteiger partial charge in [-0.25, -0.2) is 0 Å². The van der Waals surface area contributed by atoms with Crippen LogP contribution in [0.4, 0.5) is 0 Å². The fraction of sp³-hybridized carbons (Fsp3) is 0.278. The first-order valence-electron chi connectivity index (χ1n) is 7.93. The molecule has 0 atom stereocenters. The summed E-state index contributed by atoms with van der Waals surface area (Å²) in [5.41, 5.74) is 1.11. The molecule has 0 saturated heterocycles. The first-order chi connectivity index (χ1) is 12.1. The van der Waals surface area contributed by atoms with E-state index in [4.69, 9.17) is 17.0 Å². The number of amides is 1. The third kappa shape index (κ3) is 7.91. The minimum absolute atomic E-state index is 0.0359. The molecule has 0 fully saturated rings. The molecule has 2 N–H and O–H groups in total. The van der Waals surface area contributed by atoms with Crippen molar-refractivity contribution in [3.05, 3.63) is 58.3 Å². The third-order valence-electron chi connectivity index (χ3n) is 3.31. The molecule has 7 heteroatoms. The molecule has 2 aromatic rings. The van der Waals surface area contributed by atoms with Crippen molar-refractivity contribution in [3.63, 3.8) is 0 Å². The molecule has 0 saturated carbocycles. The summed E-state index contributed by atoms with van der Waals surface area (Å²) in [4.78, 5) is 24.5. The Morgan fingerprint density at radius 1 is 1.08 bits per heavy atom. The molecule has 0 radical (unpaired) electrons. The summed E-state index contributed by atoms with van der Waals surface area (Å²) in [6.45, 7) is 0.879. The minimum atomic E-state index is -0.386. The number of carbonyl (C=O) groups is 2. The summed E-state index contributed by atoms with van der Waals surface area (Å²) in [6, 6.07) is 13.7. The van der Waals surface area contributed by atoms with Crippen LogP contribution in [0.1, 0.15) is 23.3 Å². The van der Waals surface area contributed by atoms with Gasteiger partial charge in [-0.3, -0.25) is 9.59 Å². The maximum absolute atomic E-state index is 11.8. The molecule has 1 aromatic carbocycles. The summed E-state index contributed by atoms with van der Waals surface area (Å²) in [5.74, 6) is -0.688. The van der Waals surface area contributed by atoms with Gasteiger partial charge in [0.25, 0.3) is 0 Å². The topological polar surface area (TPSA) is 67.4 Å². The van der Waals surface area contributed by atoms with E-state index in [1.54, 1.807) is 11.3 Å². The molecule has 1 amide bonds. The van der Waals surface area contributed by atoms with Gasteiger partial charge in [0, 0.05) is 17.7 Å². The molecule has 0 spiro atoms. The molecule has 0 aliphatic heterocycles. The van der Waals surface area contributed by atoms with Crippen LogP contribution < -0.4 is 10.6 Å². The molecular formula is C18H20N2O3S2. The van der Waals surface area contributed by atoms with Crippen molar-refractivity contribution in [3.8, 4) is 0 Å². The smallest absolute Gasteiger partial charge is 0.306 e. The number of rotatable bonds is 8. The van der Waals surface area contributed by atoms with Gasteiger partial charge < -0.3 is 15.4 Å². The number of thiocarbonyl (C=S) groups is 1. The second kappa shape index (κ2) is 10.6. The van der Waals surface area contributed by atoms with E-state index < -0.39 is 0 Å². The summed E-state index contributed by atoms with van der Waals surface area (Å²) >= 11 is 6.66. The number of hydrogen-bond acceptors (Lipinski definition) is 5. The number of benzene rings is 1. The Kier molecular flexibility index (Phi) is 8.08. The lowest BCUT2D eigenvalue weighted by Crippen LogP contribution is -2.38. The standard InChI is InChI=1S/C18H20N2O3S2/c21-16(20-18(24)19-13-15-7-4-12-25-15)8-9-17(22)23-11-10-14-5-2-1-3-6-14/h1-7,12H,8-11,13H2,(H2,19,20,21,24). The molecule has 2 rings (SSSR count). The molecule has 1 aromatic heterocycles. The highest BCUT2D eigenvalue weighted by molar-refractivity contribution is 7.80. The first-order valence-corrected chi connectivity index (χ1v) is 9.22. The van der Waals surface area contributed by atoms with Gasteiger partial charge in [-0.15, -0.1) is 11.3 Å². The Morgan fingerprint density at radius 3 is 2.60 bits per heavy atom. The number of carbonyl (C=O) groups excluding carboxylic acids is 2. The van der Waals surface area contributed by atoms with Gasteiger partial charge in [0.05, 0.1) is 19.6 Å². The molecule has 0 unspecified atom stereocenters. The zero-order valence-corrected chi connectivity index (χ0v) is 15.3. The van der Waals surface area contributed by atoms with Gasteiger partial charge >= 0.3 is 5.97 Å². The van der Waals surface area contributed by atoms with E-state index >= 15 is 0 Å². The zero-order chi connectivity index (χ0) is 17.9. The molecule has 132 valence electrons. The zero-order valence-electron chi connectivity index (χ0n) is 13.7. The highest BCUT2D eigenvalue weighted by Gasteiger charge is 2.09. The molecule has 25 heavy (non-hydrogen) atoms. The Hall–Kier alpha value is -2.25. The lowest BCUT2D eigenvalue weighted by atomic mass is 10.2. The molecule has 0 aliphatic carbocycles. The van der Waals surface area contributed by atoms with Crippen molar-refractivity contribution in [2.24, 2.45) is 0 Å². The maximum atomic E-state index is 11.8. The third-order valence-corrected chi connectivity index (χ3v) is 4.43. The van der Waals surface area contributed by atoms with E-state index in [2.05, 4.69) is 10.6 Å². The Balaban J connectivity index is 1.55. The van der Waals surface area contributed by atoms with Gasteiger partial charge in [-0.1, -0.05) is 36.4 Å². The van der Waals surface area contributed by atoms with E-state index in [9.17, 15) is 9.59 Å². The van der Waals surface area contributed by atoms with Crippen LogP contribution in [0.2, 0.25) is 0 Å². The quantitative estimate of drug-likeness (QED) is 0.548. The SMILES string of the molecule is O=C(CCC(=O)OCCc1ccccc1)NC(=S)NCc1cccs1. The predicted octanol–water partition coefficient (Wildman–Crippen LogP) is 2.80. The van der Waals surface area contributed by atoms with Crippen molar-refractivity contribution in [2.75, 3.05) is 6.61 Å². The van der Waals surface area contributed by atoms with Crippen molar-refractivity contribution in [1.29, 1.82) is 0 Å². The first kappa shape index (κ1) is 19.1. The number of esters is 1. The van der Waals surface area contributed by atoms with E-state index in [0.29, 0.717) is 19.6 Å². The molecular weight excluding hydrogens is 356 g/mol. The normalized spacial score (nSPS) is 10.1. The number of nitrogens with one attached hydrogen (secondary N) is 2. The number of ether oxygens (including phenoxy) is 1. The van der Waals surface area contributed by atoms with Gasteiger partial charge in [-0.05, 0) is 29.2 Å². The monoisotopic (exact) mass is 376 g/mol. The predicted molar refractivity (Wildman–Crippen MR) is 102 cm³/mol. The Bertz CT molecular complexity index is 688. The van der Waals surface area contributed by atoms with Gasteiger partial charge in [-0.2, -0.15) is 0 Å². The minimum Gasteiger partial charge on any atom is -0.465 e. The van der Waals surface area contributed by atoms with E-state index in [1.165, 1.54) is 0 Å². The van der Waals surface area contributed by atoms with Crippen molar-refractivity contribution in [2.45, 2.75) is 25.8 Å². The molecule has 0 bridgehead atoms. The van der Waals surface area contributed by atoms with Crippen LogP contribution in [0.3, 0.4) is 0 Å². The van der Waals surface area contributed by atoms with Gasteiger partial charge in [0.15, 0.2) is 5.11 Å². The maximum Gasteiger partial charge on any atom is 0.306 e. The van der Waals surface area contributed by atoms with Crippen LogP contribution in [-0.4, -0.2) is 23.6 Å². The van der Waals surface area contributed by atoms with Crippen molar-refractivity contribution in [1.82, 2.24) is 10.6 Å². The molecule has 1 heterocycles. The molecule has 0 aliphatic rings. The van der Waals surface area contributed by atoms with Gasteiger partial charge in [0.2, 0.25) is 5.91 Å². The van der Waals surface area contributed by atoms with Crippen molar-refractivity contribution >= 4 is 40.5 Å². The van der Waals surface area contributed by atoms with Crippen LogP contribution in [0.5, 0.6) is 0 Å². The lowest BCUT2D eigenvalue weighted by Gasteiger charge is -2.09. The Morgan fingerprint density at radius 2 is 1.88 bits per heavy atom. The summed E-state index contributed by atoms with van der Waals surface area (Å²) in [7, 11) is 0. The lowest BCUT2D eigenvalue weighted by molar-refractivity contribution is -0.144. The van der Waals surface area contributed by atoms with Crippen LogP contribution in [0, 0.1) is 0 Å². The van der Waals surface area contributed by atoms with Crippen molar-refractivity contribution < 1.29 is 14.3 Å². The number of hydrogen-bond donors (Lipinski definition) is 2. The fourth-order valence-corrected chi connectivity index (χ4v) is 2.86. The second-order valence-electron chi connectivity index (χ2n) is 5.27. The van der Waals surface area contributed by atoms with E-state index in [-0.39, 0.29) is 29.8 Å². The molecule has 5 nitrogen and oxygen atoms in total. The highest BCUT2D eigenvalue weighted by atomic mass is 32.1. The summed E-state index contributed by atoms with van der Waals surface area (Å²) < 4.78 is 5.13. The van der Waals surface area contributed by atoms with Crippen LogP contribution in [0.25, 0.3) is 0 Å². The Labute approximate surface area is 156 Å². The van der Waals surface area contributed by atoms with E-state index in [0.717, 1.165) is 10.4 Å². The number of thiophene rings is 1. The average molecular weight is 377 g/mol. The fourth-order valence-electron chi connectivity index (χ4n) is 2.03.